The SMILES string of the molecule is CC(C)NC(=O)c1ccc(Oc2ccccc2Br)cc1. The molecule has 0 bridgehead atoms. The summed E-state index contributed by atoms with van der Waals surface area (Å²) < 4.78 is 6.64. The van der Waals surface area contributed by atoms with E-state index >= 15 is 0 Å². The van der Waals surface area contributed by atoms with Crippen molar-refractivity contribution >= 4 is 21.8 Å². The summed E-state index contributed by atoms with van der Waals surface area (Å²) in [4.78, 5) is 11.8. The summed E-state index contributed by atoms with van der Waals surface area (Å²) in [5, 5.41) is 2.85. The molecule has 4 heteroatoms. The Bertz CT molecular complexity index is 594. The number of hydrogen-bond acceptors (Lipinski definition) is 2. The van der Waals surface area contributed by atoms with Crippen molar-refractivity contribution in [3.63, 3.8) is 0 Å². The number of halogens is 1. The van der Waals surface area contributed by atoms with Crippen molar-refractivity contribution in [2.75, 3.05) is 0 Å². The Morgan fingerprint density at radius 3 is 2.35 bits per heavy atom. The molecule has 20 heavy (non-hydrogen) atoms. The summed E-state index contributed by atoms with van der Waals surface area (Å²) in [5.41, 5.74) is 0.623. The highest BCUT2D eigenvalue weighted by molar-refractivity contribution is 9.10. The van der Waals surface area contributed by atoms with E-state index in [4.69, 9.17) is 4.74 Å². The predicted molar refractivity (Wildman–Crippen MR) is 83.3 cm³/mol. The Kier molecular flexibility index (Phi) is 4.79. The number of hydrogen-bond donors (Lipinski definition) is 1. The van der Waals surface area contributed by atoms with E-state index in [0.717, 1.165) is 10.2 Å². The summed E-state index contributed by atoms with van der Waals surface area (Å²) in [6, 6.07) is 14.8. The average molecular weight is 334 g/mol. The minimum Gasteiger partial charge on any atom is -0.456 e. The van der Waals surface area contributed by atoms with E-state index in [0.29, 0.717) is 11.3 Å². The molecule has 0 saturated carbocycles. The highest BCUT2D eigenvalue weighted by Gasteiger charge is 2.07. The predicted octanol–water partition coefficient (Wildman–Crippen LogP) is 4.38. The molecule has 2 aromatic rings. The lowest BCUT2D eigenvalue weighted by atomic mass is 10.2. The van der Waals surface area contributed by atoms with Gasteiger partial charge in [-0.1, -0.05) is 12.1 Å². The fourth-order valence-corrected chi connectivity index (χ4v) is 2.04. The number of nitrogens with one attached hydrogen (secondary N) is 1. The quantitative estimate of drug-likeness (QED) is 0.901. The van der Waals surface area contributed by atoms with Crippen LogP contribution in [0.4, 0.5) is 0 Å². The third kappa shape index (κ3) is 3.84. The third-order valence-corrected chi connectivity index (χ3v) is 3.26. The molecule has 0 aliphatic heterocycles. The maximum Gasteiger partial charge on any atom is 0.251 e. The number of rotatable bonds is 4. The number of para-hydroxylation sites is 1. The standard InChI is InChI=1S/C16H16BrNO2/c1-11(2)18-16(19)12-7-9-13(10-8-12)20-15-6-4-3-5-14(15)17/h3-11H,1-2H3,(H,18,19). The average Bonchev–Trinajstić information content (AvgIpc) is 2.41. The molecule has 0 unspecified atom stereocenters. The van der Waals surface area contributed by atoms with E-state index in [2.05, 4.69) is 21.2 Å². The minimum absolute atomic E-state index is 0.0764. The Hall–Kier alpha value is -1.81. The number of ether oxygens (including phenoxy) is 1. The van der Waals surface area contributed by atoms with Crippen LogP contribution in [0.25, 0.3) is 0 Å². The van der Waals surface area contributed by atoms with Crippen LogP contribution in [0, 0.1) is 0 Å². The van der Waals surface area contributed by atoms with Crippen molar-refractivity contribution in [3.05, 3.63) is 58.6 Å². The third-order valence-electron chi connectivity index (χ3n) is 2.60. The van der Waals surface area contributed by atoms with Gasteiger partial charge in [-0.2, -0.15) is 0 Å². The van der Waals surface area contributed by atoms with Gasteiger partial charge in [0.25, 0.3) is 5.91 Å². The zero-order valence-electron chi connectivity index (χ0n) is 11.4. The van der Waals surface area contributed by atoms with Crippen molar-refractivity contribution in [1.82, 2.24) is 5.32 Å². The second kappa shape index (κ2) is 6.57. The smallest absolute Gasteiger partial charge is 0.251 e. The molecule has 0 aliphatic carbocycles. The van der Waals surface area contributed by atoms with Crippen LogP contribution in [-0.2, 0) is 0 Å². The first-order valence-electron chi connectivity index (χ1n) is 6.39. The van der Waals surface area contributed by atoms with E-state index in [-0.39, 0.29) is 11.9 Å². The molecule has 0 atom stereocenters. The van der Waals surface area contributed by atoms with Crippen LogP contribution < -0.4 is 10.1 Å². The van der Waals surface area contributed by atoms with Crippen molar-refractivity contribution < 1.29 is 9.53 Å². The van der Waals surface area contributed by atoms with Crippen molar-refractivity contribution in [1.29, 1.82) is 0 Å². The molecule has 1 N–H and O–H groups in total. The van der Waals surface area contributed by atoms with Crippen LogP contribution in [0.1, 0.15) is 24.2 Å². The number of benzene rings is 2. The highest BCUT2D eigenvalue weighted by atomic mass is 79.9. The Labute approximate surface area is 127 Å². The molecular formula is C16H16BrNO2. The second-order valence-corrected chi connectivity index (χ2v) is 5.54. The molecule has 2 rings (SSSR count). The lowest BCUT2D eigenvalue weighted by Crippen LogP contribution is -2.29. The largest absolute Gasteiger partial charge is 0.456 e. The van der Waals surface area contributed by atoms with Crippen molar-refractivity contribution in [2.45, 2.75) is 19.9 Å². The van der Waals surface area contributed by atoms with Crippen LogP contribution in [0.15, 0.2) is 53.0 Å². The van der Waals surface area contributed by atoms with E-state index in [1.54, 1.807) is 24.3 Å². The first-order chi connectivity index (χ1) is 9.56. The van der Waals surface area contributed by atoms with Crippen LogP contribution >= 0.6 is 15.9 Å². The molecule has 3 nitrogen and oxygen atoms in total. The van der Waals surface area contributed by atoms with Crippen LogP contribution in [-0.4, -0.2) is 11.9 Å². The lowest BCUT2D eigenvalue weighted by Gasteiger charge is -2.10. The molecule has 0 saturated heterocycles. The summed E-state index contributed by atoms with van der Waals surface area (Å²) in [6.07, 6.45) is 0. The van der Waals surface area contributed by atoms with Crippen LogP contribution in [0.5, 0.6) is 11.5 Å². The monoisotopic (exact) mass is 333 g/mol. The first kappa shape index (κ1) is 14.6. The molecule has 0 aliphatic rings. The van der Waals surface area contributed by atoms with E-state index in [1.807, 2.05) is 38.1 Å². The van der Waals surface area contributed by atoms with Gasteiger partial charge in [0.2, 0.25) is 0 Å². The number of carbonyl (C=O) groups is 1. The second-order valence-electron chi connectivity index (χ2n) is 4.69. The van der Waals surface area contributed by atoms with Gasteiger partial charge in [0.05, 0.1) is 4.47 Å². The zero-order chi connectivity index (χ0) is 14.5. The van der Waals surface area contributed by atoms with Gasteiger partial charge in [0.1, 0.15) is 11.5 Å². The molecule has 0 fully saturated rings. The molecule has 1 amide bonds. The van der Waals surface area contributed by atoms with Gasteiger partial charge in [-0.05, 0) is 66.2 Å². The van der Waals surface area contributed by atoms with Gasteiger partial charge >= 0.3 is 0 Å². The maximum absolute atomic E-state index is 11.8. The van der Waals surface area contributed by atoms with Gasteiger partial charge in [-0.25, -0.2) is 0 Å². The highest BCUT2D eigenvalue weighted by Crippen LogP contribution is 2.29. The van der Waals surface area contributed by atoms with Gasteiger partial charge in [-0.15, -0.1) is 0 Å². The van der Waals surface area contributed by atoms with Crippen LogP contribution in [0.3, 0.4) is 0 Å². The molecule has 0 heterocycles. The van der Waals surface area contributed by atoms with Gasteiger partial charge in [0, 0.05) is 11.6 Å². The summed E-state index contributed by atoms with van der Waals surface area (Å²) in [7, 11) is 0. The van der Waals surface area contributed by atoms with E-state index in [9.17, 15) is 4.79 Å². The van der Waals surface area contributed by atoms with Gasteiger partial charge in [-0.3, -0.25) is 4.79 Å². The molecule has 104 valence electrons. The van der Waals surface area contributed by atoms with Gasteiger partial charge < -0.3 is 10.1 Å². The topological polar surface area (TPSA) is 38.3 Å². The Morgan fingerprint density at radius 1 is 1.10 bits per heavy atom. The fourth-order valence-electron chi connectivity index (χ4n) is 1.67. The first-order valence-corrected chi connectivity index (χ1v) is 7.19. The Morgan fingerprint density at radius 2 is 1.75 bits per heavy atom. The van der Waals surface area contributed by atoms with Gasteiger partial charge in [0.15, 0.2) is 0 Å². The van der Waals surface area contributed by atoms with Crippen molar-refractivity contribution in [3.8, 4) is 11.5 Å². The summed E-state index contributed by atoms with van der Waals surface area (Å²) in [5.74, 6) is 1.36. The normalized spacial score (nSPS) is 10.4. The van der Waals surface area contributed by atoms with Crippen molar-refractivity contribution in [2.24, 2.45) is 0 Å². The minimum atomic E-state index is -0.0764. The fraction of sp³-hybridized carbons (Fsp3) is 0.188. The zero-order valence-corrected chi connectivity index (χ0v) is 13.0. The molecule has 0 spiro atoms. The van der Waals surface area contributed by atoms with Crippen LogP contribution in [0.2, 0.25) is 0 Å². The maximum atomic E-state index is 11.8. The summed E-state index contributed by atoms with van der Waals surface area (Å²) in [6.45, 7) is 3.87. The lowest BCUT2D eigenvalue weighted by molar-refractivity contribution is 0.0943. The molecule has 2 aromatic carbocycles. The number of carbonyl (C=O) groups excluding carboxylic acids is 1. The molecule has 0 aromatic heterocycles. The number of amides is 1. The van der Waals surface area contributed by atoms with E-state index in [1.165, 1.54) is 0 Å². The van der Waals surface area contributed by atoms with E-state index < -0.39 is 0 Å². The Balaban J connectivity index is 2.09. The molecule has 0 radical (unpaired) electrons. The summed E-state index contributed by atoms with van der Waals surface area (Å²) >= 11 is 3.43. The molecular weight excluding hydrogens is 318 g/mol.